The Morgan fingerprint density at radius 3 is 2.89 bits per heavy atom. The van der Waals surface area contributed by atoms with Crippen LogP contribution in [0.5, 0.6) is 11.5 Å². The average molecular weight is 514 g/mol. The summed E-state index contributed by atoms with van der Waals surface area (Å²) in [5.41, 5.74) is 5.80. The molecule has 0 fully saturated rings. The number of pyridine rings is 1. The summed E-state index contributed by atoms with van der Waals surface area (Å²) < 4.78 is 13.7. The molecule has 5 aromatic rings. The van der Waals surface area contributed by atoms with Crippen LogP contribution in [-0.2, 0) is 13.0 Å². The first-order chi connectivity index (χ1) is 17.8. The quantitative estimate of drug-likeness (QED) is 0.276. The van der Waals surface area contributed by atoms with Gasteiger partial charge in [-0.15, -0.1) is 22.7 Å². The Morgan fingerprint density at radius 1 is 1.11 bits per heavy atom. The molecule has 180 valence electrons. The number of aromatic nitrogens is 2. The maximum absolute atomic E-state index is 13.1. The van der Waals surface area contributed by atoms with Gasteiger partial charge in [-0.3, -0.25) is 14.8 Å². The van der Waals surface area contributed by atoms with E-state index in [1.807, 2.05) is 23.1 Å². The van der Waals surface area contributed by atoms with Gasteiger partial charge in [-0.2, -0.15) is 0 Å². The Balaban J connectivity index is 1.37. The second-order valence-electron chi connectivity index (χ2n) is 8.47. The van der Waals surface area contributed by atoms with Gasteiger partial charge in [-0.05, 0) is 41.3 Å². The summed E-state index contributed by atoms with van der Waals surface area (Å²) in [6, 6.07) is 18.5. The number of carbonyl (C=O) groups excluding carboxylic acids is 1. The van der Waals surface area contributed by atoms with Crippen LogP contribution in [0.25, 0.3) is 21.2 Å². The lowest BCUT2D eigenvalue weighted by atomic mass is 10.0. The summed E-state index contributed by atoms with van der Waals surface area (Å²) in [5, 5.41) is 3.39. The van der Waals surface area contributed by atoms with E-state index in [1.165, 1.54) is 21.4 Å². The molecule has 4 heterocycles. The van der Waals surface area contributed by atoms with Crippen LogP contribution in [0.3, 0.4) is 0 Å². The summed E-state index contributed by atoms with van der Waals surface area (Å²) in [6.07, 6.45) is 4.11. The molecule has 6 rings (SSSR count). The van der Waals surface area contributed by atoms with E-state index >= 15 is 0 Å². The maximum Gasteiger partial charge on any atom is 0.265 e. The third-order valence-electron chi connectivity index (χ3n) is 6.16. The van der Waals surface area contributed by atoms with E-state index in [0.717, 1.165) is 22.4 Å². The average Bonchev–Trinajstić information content (AvgIpc) is 3.55. The van der Waals surface area contributed by atoms with Crippen molar-refractivity contribution in [2.45, 2.75) is 13.0 Å². The van der Waals surface area contributed by atoms with Crippen molar-refractivity contribution in [2.24, 2.45) is 0 Å². The van der Waals surface area contributed by atoms with E-state index in [9.17, 15) is 4.79 Å². The second-order valence-corrected chi connectivity index (χ2v) is 10.3. The number of nitrogens with zero attached hydrogens (tertiary/aromatic N) is 3. The first kappa shape index (κ1) is 22.7. The van der Waals surface area contributed by atoms with Crippen molar-refractivity contribution in [3.8, 4) is 22.6 Å². The van der Waals surface area contributed by atoms with E-state index in [-0.39, 0.29) is 5.91 Å². The highest BCUT2D eigenvalue weighted by atomic mass is 32.1. The standard InChI is InChI=1S/C28H23N3O3S2/c32-28(26-15-29-18-36-26)31-10-12-34-27-20(16-31)13-19(23-17-35-25-7-2-1-6-22(23)25)14-24(27)33-11-8-21-5-3-4-9-30-21/h1-7,9,13-15,17-18H,8,10-12,16H2. The third kappa shape index (κ3) is 4.57. The van der Waals surface area contributed by atoms with Crippen LogP contribution in [-0.4, -0.2) is 40.5 Å². The van der Waals surface area contributed by atoms with Crippen LogP contribution < -0.4 is 9.47 Å². The molecule has 1 aliphatic rings. The van der Waals surface area contributed by atoms with E-state index in [1.54, 1.807) is 29.2 Å². The highest BCUT2D eigenvalue weighted by Gasteiger charge is 2.25. The van der Waals surface area contributed by atoms with Crippen molar-refractivity contribution in [3.05, 3.63) is 94.0 Å². The molecule has 0 atom stereocenters. The van der Waals surface area contributed by atoms with Gasteiger partial charge in [0.1, 0.15) is 11.5 Å². The zero-order valence-corrected chi connectivity index (χ0v) is 21.1. The number of hydrogen-bond acceptors (Lipinski definition) is 7. The van der Waals surface area contributed by atoms with Crippen LogP contribution in [0.2, 0.25) is 0 Å². The summed E-state index contributed by atoms with van der Waals surface area (Å²) in [5.74, 6) is 1.37. The summed E-state index contributed by atoms with van der Waals surface area (Å²) >= 11 is 3.08. The largest absolute Gasteiger partial charge is 0.489 e. The number of rotatable bonds is 6. The molecule has 8 heteroatoms. The van der Waals surface area contributed by atoms with Crippen molar-refractivity contribution in [1.82, 2.24) is 14.9 Å². The van der Waals surface area contributed by atoms with E-state index in [2.05, 4.69) is 51.7 Å². The molecular formula is C28H23N3O3S2. The molecule has 2 aromatic carbocycles. The fourth-order valence-corrected chi connectivity index (χ4v) is 5.97. The zero-order valence-electron chi connectivity index (χ0n) is 19.4. The van der Waals surface area contributed by atoms with Gasteiger partial charge in [-0.25, -0.2) is 0 Å². The van der Waals surface area contributed by atoms with Gasteiger partial charge < -0.3 is 14.4 Å². The van der Waals surface area contributed by atoms with Gasteiger partial charge in [0.15, 0.2) is 11.5 Å². The van der Waals surface area contributed by atoms with Crippen molar-refractivity contribution < 1.29 is 14.3 Å². The molecule has 3 aromatic heterocycles. The van der Waals surface area contributed by atoms with E-state index in [4.69, 9.17) is 9.47 Å². The minimum atomic E-state index is -0.0297. The summed E-state index contributed by atoms with van der Waals surface area (Å²) in [7, 11) is 0. The number of hydrogen-bond donors (Lipinski definition) is 0. The van der Waals surface area contributed by atoms with Crippen molar-refractivity contribution in [1.29, 1.82) is 0 Å². The molecule has 36 heavy (non-hydrogen) atoms. The second kappa shape index (κ2) is 10.1. The predicted molar refractivity (Wildman–Crippen MR) is 143 cm³/mol. The minimum absolute atomic E-state index is 0.0297. The molecule has 0 saturated carbocycles. The highest BCUT2D eigenvalue weighted by Crippen LogP contribution is 2.42. The predicted octanol–water partition coefficient (Wildman–Crippen LogP) is 6.08. The topological polar surface area (TPSA) is 64.6 Å². The lowest BCUT2D eigenvalue weighted by Crippen LogP contribution is -2.31. The van der Waals surface area contributed by atoms with Crippen molar-refractivity contribution in [3.63, 3.8) is 0 Å². The van der Waals surface area contributed by atoms with E-state index < -0.39 is 0 Å². The SMILES string of the molecule is O=C(c1cncs1)N1CCOc2c(cc(-c3csc4ccccc34)cc2OCCc2ccccn2)C1. The first-order valence-electron chi connectivity index (χ1n) is 11.7. The lowest BCUT2D eigenvalue weighted by Gasteiger charge is -2.19. The molecule has 0 bridgehead atoms. The summed E-state index contributed by atoms with van der Waals surface area (Å²) in [6.45, 7) is 1.81. The van der Waals surface area contributed by atoms with Crippen molar-refractivity contribution >= 4 is 38.7 Å². The van der Waals surface area contributed by atoms with Gasteiger partial charge in [0.2, 0.25) is 0 Å². The zero-order chi connectivity index (χ0) is 24.3. The van der Waals surface area contributed by atoms with Crippen LogP contribution in [0, 0.1) is 0 Å². The van der Waals surface area contributed by atoms with Crippen LogP contribution >= 0.6 is 22.7 Å². The summed E-state index contributed by atoms with van der Waals surface area (Å²) in [4.78, 5) is 24.1. The Morgan fingerprint density at radius 2 is 2.03 bits per heavy atom. The molecule has 0 N–H and O–H groups in total. The highest BCUT2D eigenvalue weighted by molar-refractivity contribution is 7.17. The molecule has 0 unspecified atom stereocenters. The van der Waals surface area contributed by atoms with Gasteiger partial charge in [-0.1, -0.05) is 24.3 Å². The van der Waals surface area contributed by atoms with Crippen LogP contribution in [0.1, 0.15) is 20.9 Å². The molecule has 0 spiro atoms. The van der Waals surface area contributed by atoms with Gasteiger partial charge in [0, 0.05) is 46.1 Å². The Bertz CT molecular complexity index is 1500. The van der Waals surface area contributed by atoms with Crippen LogP contribution in [0.15, 0.2) is 77.9 Å². The van der Waals surface area contributed by atoms with Crippen molar-refractivity contribution in [2.75, 3.05) is 19.8 Å². The molecule has 1 amide bonds. The number of benzene rings is 2. The Hall–Kier alpha value is -3.75. The normalized spacial score (nSPS) is 13.2. The minimum Gasteiger partial charge on any atom is -0.489 e. The number of amides is 1. The number of ether oxygens (including phenoxy) is 2. The Labute approximate surface area is 216 Å². The number of thiazole rings is 1. The molecule has 1 aliphatic heterocycles. The number of fused-ring (bicyclic) bond motifs is 2. The number of carbonyl (C=O) groups is 1. The van der Waals surface area contributed by atoms with Crippen LogP contribution in [0.4, 0.5) is 0 Å². The fourth-order valence-electron chi connectivity index (χ4n) is 4.41. The Kier molecular flexibility index (Phi) is 6.36. The lowest BCUT2D eigenvalue weighted by molar-refractivity contribution is 0.0737. The van der Waals surface area contributed by atoms with Gasteiger partial charge in [0.05, 0.1) is 24.9 Å². The third-order valence-corrected chi connectivity index (χ3v) is 7.89. The fraction of sp³-hybridized carbons (Fsp3) is 0.179. The molecule has 6 nitrogen and oxygen atoms in total. The molecule has 0 saturated heterocycles. The number of thiophene rings is 1. The van der Waals surface area contributed by atoms with E-state index in [0.29, 0.717) is 49.1 Å². The maximum atomic E-state index is 13.1. The van der Waals surface area contributed by atoms with Gasteiger partial charge in [0.25, 0.3) is 5.91 Å². The molecule has 0 radical (unpaired) electrons. The first-order valence-corrected chi connectivity index (χ1v) is 13.5. The molecular weight excluding hydrogens is 490 g/mol. The molecule has 0 aliphatic carbocycles. The van der Waals surface area contributed by atoms with Gasteiger partial charge >= 0.3 is 0 Å². The monoisotopic (exact) mass is 513 g/mol. The smallest absolute Gasteiger partial charge is 0.265 e.